The van der Waals surface area contributed by atoms with Gasteiger partial charge in [-0.3, -0.25) is 9.59 Å². The lowest BCUT2D eigenvalue weighted by Gasteiger charge is -2.61. The van der Waals surface area contributed by atoms with Gasteiger partial charge in [0.15, 0.2) is 6.29 Å². The van der Waals surface area contributed by atoms with Gasteiger partial charge in [0.2, 0.25) is 11.8 Å². The number of rotatable bonds is 15. The number of nitrogens with two attached hydrogens (primary N) is 1. The van der Waals surface area contributed by atoms with Crippen molar-refractivity contribution < 1.29 is 104 Å². The molecule has 0 aromatic heterocycles. The number of hydrogen-bond acceptors (Lipinski definition) is 22. The average Bonchev–Trinajstić information content (AvgIpc) is 3.11. The highest BCUT2D eigenvalue weighted by Gasteiger charge is 2.74. The number of carbonyl (C=O) groups is 3. The molecule has 0 aromatic carbocycles. The van der Waals surface area contributed by atoms with Crippen molar-refractivity contribution in [3.63, 3.8) is 0 Å². The van der Waals surface area contributed by atoms with Crippen LogP contribution in [0.25, 0.3) is 0 Å². The van der Waals surface area contributed by atoms with Crippen LogP contribution in [0.2, 0.25) is 0 Å². The zero-order chi connectivity index (χ0) is 39.5. The van der Waals surface area contributed by atoms with Gasteiger partial charge in [-0.25, -0.2) is 0 Å². The third-order valence-electron chi connectivity index (χ3n) is 9.09. The summed E-state index contributed by atoms with van der Waals surface area (Å²) in [5.74, 6) is -9.18. The summed E-state index contributed by atoms with van der Waals surface area (Å²) < 4.78 is 28.6. The average molecular weight is 764 g/mol. The first-order chi connectivity index (χ1) is 24.3. The Bertz CT molecular complexity index is 1210. The van der Waals surface area contributed by atoms with Gasteiger partial charge in [0.25, 0.3) is 11.6 Å². The zero-order valence-corrected chi connectivity index (χ0v) is 27.9. The summed E-state index contributed by atoms with van der Waals surface area (Å²) in [6.07, 6.45) is -30.2. The number of aliphatic hydroxyl groups excluding tert-OH is 12. The Labute approximate surface area is 294 Å². The molecule has 0 aromatic rings. The van der Waals surface area contributed by atoms with Gasteiger partial charge in [-0.1, -0.05) is 0 Å². The van der Waals surface area contributed by atoms with Gasteiger partial charge in [-0.2, -0.15) is 0 Å². The topological polar surface area (TPSA) is 410 Å². The van der Waals surface area contributed by atoms with Gasteiger partial charge in [-0.15, -0.1) is 0 Å². The van der Waals surface area contributed by atoms with Crippen LogP contribution in [0.3, 0.4) is 0 Å². The molecule has 3 fully saturated rings. The van der Waals surface area contributed by atoms with E-state index in [0.717, 1.165) is 13.8 Å². The molecule has 302 valence electrons. The monoisotopic (exact) mass is 763 g/mol. The van der Waals surface area contributed by atoms with Crippen LogP contribution in [0.5, 0.6) is 0 Å². The summed E-state index contributed by atoms with van der Waals surface area (Å²) in [6.45, 7) is -2.80. The first kappa shape index (κ1) is 44.2. The second-order valence-corrected chi connectivity index (χ2v) is 12.7. The van der Waals surface area contributed by atoms with Crippen LogP contribution >= 0.6 is 0 Å². The van der Waals surface area contributed by atoms with Crippen molar-refractivity contribution in [1.29, 1.82) is 0 Å². The molecule has 52 heavy (non-hydrogen) atoms. The number of aliphatic hydroxyl groups is 13. The number of aldehydes is 1. The van der Waals surface area contributed by atoms with E-state index in [1.54, 1.807) is 0 Å². The minimum atomic E-state index is -3.74. The van der Waals surface area contributed by atoms with Gasteiger partial charge in [0.05, 0.1) is 32.5 Å². The summed E-state index contributed by atoms with van der Waals surface area (Å²) in [6, 6.07) is -6.03. The normalized spacial score (nSPS) is 43.5. The van der Waals surface area contributed by atoms with Crippen molar-refractivity contribution >= 4 is 18.1 Å². The molecular formula is C28H49N3O21. The van der Waals surface area contributed by atoms with Crippen LogP contribution in [-0.4, -0.2) is 226 Å². The summed E-state index contributed by atoms with van der Waals surface area (Å²) in [4.78, 5) is 36.2. The van der Waals surface area contributed by atoms with Gasteiger partial charge in [0.1, 0.15) is 97.7 Å². The smallest absolute Gasteiger partial charge is 0.253 e. The molecule has 3 heterocycles. The minimum absolute atomic E-state index is 0.0245. The fourth-order valence-corrected chi connectivity index (χ4v) is 6.37. The van der Waals surface area contributed by atoms with E-state index in [9.17, 15) is 80.8 Å². The fraction of sp³-hybridized carbons (Fsp3) is 0.893. The van der Waals surface area contributed by atoms with E-state index in [0.29, 0.717) is 0 Å². The second kappa shape index (κ2) is 18.0. The van der Waals surface area contributed by atoms with E-state index in [-0.39, 0.29) is 6.29 Å². The van der Waals surface area contributed by atoms with Gasteiger partial charge >= 0.3 is 0 Å². The van der Waals surface area contributed by atoms with Crippen molar-refractivity contribution in [2.75, 3.05) is 26.4 Å². The highest BCUT2D eigenvalue weighted by atomic mass is 16.8. The maximum Gasteiger partial charge on any atom is 0.253 e. The Morgan fingerprint density at radius 2 is 1.38 bits per heavy atom. The third-order valence-corrected chi connectivity index (χ3v) is 9.09. The van der Waals surface area contributed by atoms with Crippen LogP contribution in [-0.2, 0) is 38.1 Å². The van der Waals surface area contributed by atoms with E-state index >= 15 is 0 Å². The Morgan fingerprint density at radius 3 is 1.88 bits per heavy atom. The molecule has 19 atom stereocenters. The molecule has 0 spiro atoms. The molecule has 24 nitrogen and oxygen atoms in total. The molecule has 24 heteroatoms. The Balaban J connectivity index is 2.30. The lowest BCUT2D eigenvalue weighted by Crippen LogP contribution is -2.85. The third kappa shape index (κ3) is 8.40. The maximum atomic E-state index is 12.7. The number of hydrogen-bond donors (Lipinski definition) is 16. The standard InChI is InChI=1S/C28H49N3O21/c1-8(37)30-15-19(43)17(41)12(5-34)48-26(15)49-23-14(7-36)51-28(24(21(23)45)31-9(2)38,52-22(11(39)4-33)16(40)10(29)3-32)27(47)25(46)20(44)18(42)13(6-35)50-27/h3,10-26,33-36,39-47H,4-7,29H2,1-2H3,(H,30,37)(H,31,38)/t10-,11+,12+,13?,14+,15+,16+,17+,18?,19+,20?,21-,22+,23+,24+,25?,26-,27?,28-/m0/s1. The van der Waals surface area contributed by atoms with Crippen LogP contribution in [0.4, 0.5) is 0 Å². The largest absolute Gasteiger partial charge is 0.394 e. The molecule has 3 aliphatic heterocycles. The summed E-state index contributed by atoms with van der Waals surface area (Å²) >= 11 is 0. The molecule has 0 aliphatic carbocycles. The molecular weight excluding hydrogens is 714 g/mol. The summed E-state index contributed by atoms with van der Waals surface area (Å²) in [7, 11) is 0. The summed E-state index contributed by atoms with van der Waals surface area (Å²) in [5.41, 5.74) is 5.63. The van der Waals surface area contributed by atoms with Crippen LogP contribution in [0.1, 0.15) is 13.8 Å². The van der Waals surface area contributed by atoms with E-state index in [2.05, 4.69) is 10.6 Å². The van der Waals surface area contributed by atoms with Crippen LogP contribution < -0.4 is 16.4 Å². The number of amides is 2. The second-order valence-electron chi connectivity index (χ2n) is 12.7. The van der Waals surface area contributed by atoms with Crippen molar-refractivity contribution in [3.8, 4) is 0 Å². The van der Waals surface area contributed by atoms with Crippen molar-refractivity contribution in [2.45, 2.75) is 129 Å². The lowest BCUT2D eigenvalue weighted by molar-refractivity contribution is -0.497. The fourth-order valence-electron chi connectivity index (χ4n) is 6.37. The molecule has 3 saturated heterocycles. The predicted molar refractivity (Wildman–Crippen MR) is 161 cm³/mol. The molecule has 5 unspecified atom stereocenters. The Hall–Kier alpha value is -2.15. The SMILES string of the molecule is CC(=O)N[C@H]1[C@H](O[C@H]2[C@H](O)[C@@H](NC(C)=O)[C@](O[C@@H]([C@H](O)[C@@H](N)C=O)[C@H](O)CO)(C3(O)OC(CO)C(O)C(O)C3O)O[C@@H]2CO)O[C@H](CO)[C@@H](O)[C@@H]1O. The van der Waals surface area contributed by atoms with Crippen LogP contribution in [0.15, 0.2) is 0 Å². The van der Waals surface area contributed by atoms with Gasteiger partial charge in [0, 0.05) is 13.8 Å². The van der Waals surface area contributed by atoms with E-state index in [1.807, 2.05) is 0 Å². The quantitative estimate of drug-likeness (QED) is 0.0688. The first-order valence-corrected chi connectivity index (χ1v) is 16.0. The molecule has 0 radical (unpaired) electrons. The lowest BCUT2D eigenvalue weighted by atomic mass is 9.78. The van der Waals surface area contributed by atoms with Crippen LogP contribution in [0, 0.1) is 0 Å². The Kier molecular flexibility index (Phi) is 15.3. The van der Waals surface area contributed by atoms with Crippen molar-refractivity contribution in [3.05, 3.63) is 0 Å². The zero-order valence-electron chi connectivity index (χ0n) is 27.9. The first-order valence-electron chi connectivity index (χ1n) is 16.0. The molecule has 17 N–H and O–H groups in total. The highest BCUT2D eigenvalue weighted by molar-refractivity contribution is 5.74. The van der Waals surface area contributed by atoms with Gasteiger partial charge < -0.3 is 111 Å². The van der Waals surface area contributed by atoms with E-state index in [1.165, 1.54) is 0 Å². The predicted octanol–water partition coefficient (Wildman–Crippen LogP) is -10.9. The minimum Gasteiger partial charge on any atom is -0.394 e. The van der Waals surface area contributed by atoms with Crippen molar-refractivity contribution in [2.24, 2.45) is 5.73 Å². The molecule has 0 saturated carbocycles. The molecule has 0 bridgehead atoms. The Morgan fingerprint density at radius 1 is 0.827 bits per heavy atom. The molecule has 3 rings (SSSR count). The van der Waals surface area contributed by atoms with Gasteiger partial charge in [-0.05, 0) is 0 Å². The highest BCUT2D eigenvalue weighted by Crippen LogP contribution is 2.48. The number of nitrogens with one attached hydrogen (secondary N) is 2. The number of carbonyl (C=O) groups excluding carboxylic acids is 3. The van der Waals surface area contributed by atoms with Crippen molar-refractivity contribution in [1.82, 2.24) is 10.6 Å². The summed E-state index contributed by atoms with van der Waals surface area (Å²) in [5, 5.41) is 144. The van der Waals surface area contributed by atoms with E-state index in [4.69, 9.17) is 29.4 Å². The maximum absolute atomic E-state index is 12.7. The molecule has 2 amide bonds. The molecule has 3 aliphatic rings. The van der Waals surface area contributed by atoms with E-state index < -0.39 is 154 Å². The number of ether oxygens (including phenoxy) is 5.